The van der Waals surface area contributed by atoms with E-state index in [0.717, 1.165) is 5.92 Å². The molecular formula is C28H57. The highest BCUT2D eigenvalue weighted by Gasteiger charge is 2.04. The summed E-state index contributed by atoms with van der Waals surface area (Å²) >= 11 is 0. The number of rotatable bonds is 23. The molecule has 0 aromatic heterocycles. The van der Waals surface area contributed by atoms with Crippen molar-refractivity contribution in [1.29, 1.82) is 0 Å². The molecule has 2 unspecified atom stereocenters. The predicted molar refractivity (Wildman–Crippen MR) is 131 cm³/mol. The Balaban J connectivity index is 3.23. The molecule has 0 saturated carbocycles. The predicted octanol–water partition coefficient (Wildman–Crippen LogP) is 10.7. The van der Waals surface area contributed by atoms with Crippen LogP contribution in [0.15, 0.2) is 0 Å². The van der Waals surface area contributed by atoms with Crippen molar-refractivity contribution in [3.63, 3.8) is 0 Å². The standard InChI is InChI=1S/C28H57/c1-5-7-9-11-12-13-14-15-16-20-24-28(4)26-22-18-17-21-25-27(3)23-19-10-8-6-2/h27-28H,4-26H2,1-3H3. The van der Waals surface area contributed by atoms with Crippen molar-refractivity contribution < 1.29 is 0 Å². The number of hydrogen-bond acceptors (Lipinski definition) is 0. The third kappa shape index (κ3) is 22.3. The van der Waals surface area contributed by atoms with Crippen LogP contribution in [0.25, 0.3) is 0 Å². The molecule has 0 aliphatic carbocycles. The molecule has 0 fully saturated rings. The molecule has 169 valence electrons. The summed E-state index contributed by atoms with van der Waals surface area (Å²) in [5.74, 6) is 1.67. The third-order valence-electron chi connectivity index (χ3n) is 6.58. The molecule has 1 radical (unpaired) electrons. The molecule has 0 aliphatic heterocycles. The van der Waals surface area contributed by atoms with Crippen LogP contribution in [0.2, 0.25) is 0 Å². The Kier molecular flexibility index (Phi) is 23.3. The Labute approximate surface area is 181 Å². The van der Waals surface area contributed by atoms with Crippen LogP contribution >= 0.6 is 0 Å². The maximum atomic E-state index is 4.41. The highest BCUT2D eigenvalue weighted by molar-refractivity contribution is 4.62. The smallest absolute Gasteiger partial charge is 0.0414 e. The van der Waals surface area contributed by atoms with E-state index in [-0.39, 0.29) is 0 Å². The van der Waals surface area contributed by atoms with E-state index in [1.54, 1.807) is 0 Å². The van der Waals surface area contributed by atoms with Gasteiger partial charge in [0.1, 0.15) is 0 Å². The number of unbranched alkanes of at least 4 members (excludes halogenated alkanes) is 15. The van der Waals surface area contributed by atoms with Crippen LogP contribution in [0.5, 0.6) is 0 Å². The van der Waals surface area contributed by atoms with Crippen LogP contribution in [0, 0.1) is 18.8 Å². The Morgan fingerprint density at radius 3 is 1.11 bits per heavy atom. The van der Waals surface area contributed by atoms with E-state index in [1.807, 2.05) is 0 Å². The van der Waals surface area contributed by atoms with Gasteiger partial charge in [0.05, 0.1) is 0 Å². The van der Waals surface area contributed by atoms with Crippen LogP contribution in [0.3, 0.4) is 0 Å². The van der Waals surface area contributed by atoms with Crippen molar-refractivity contribution >= 4 is 0 Å². The molecule has 0 aliphatic rings. The largest absolute Gasteiger partial charge is 0.0654 e. The van der Waals surface area contributed by atoms with Gasteiger partial charge in [-0.15, -0.1) is 0 Å². The van der Waals surface area contributed by atoms with E-state index in [4.69, 9.17) is 0 Å². The van der Waals surface area contributed by atoms with Crippen molar-refractivity contribution in [3.05, 3.63) is 6.92 Å². The molecule has 0 heterocycles. The molecule has 0 rings (SSSR count). The minimum absolute atomic E-state index is 0.714. The van der Waals surface area contributed by atoms with Gasteiger partial charge in [-0.3, -0.25) is 0 Å². The Bertz CT molecular complexity index is 269. The van der Waals surface area contributed by atoms with Crippen LogP contribution in [-0.2, 0) is 0 Å². The van der Waals surface area contributed by atoms with Gasteiger partial charge in [-0.2, -0.15) is 0 Å². The molecule has 0 aromatic carbocycles. The van der Waals surface area contributed by atoms with Crippen molar-refractivity contribution in [2.75, 3.05) is 0 Å². The molecule has 0 saturated heterocycles. The van der Waals surface area contributed by atoms with E-state index >= 15 is 0 Å². The Morgan fingerprint density at radius 2 is 0.714 bits per heavy atom. The second kappa shape index (κ2) is 23.3. The summed E-state index contributed by atoms with van der Waals surface area (Å²) in [5, 5.41) is 0. The topological polar surface area (TPSA) is 0 Å². The summed E-state index contributed by atoms with van der Waals surface area (Å²) in [4.78, 5) is 0. The zero-order valence-corrected chi connectivity index (χ0v) is 20.4. The molecule has 0 spiro atoms. The zero-order valence-electron chi connectivity index (χ0n) is 20.4. The summed E-state index contributed by atoms with van der Waals surface area (Å²) in [6, 6.07) is 0. The SMILES string of the molecule is [CH2]C(CCCCCCCCCCCC)CCCCCCC(C)CCCCCC. The minimum Gasteiger partial charge on any atom is -0.0654 e. The maximum absolute atomic E-state index is 4.41. The highest BCUT2D eigenvalue weighted by atomic mass is 14.1. The van der Waals surface area contributed by atoms with E-state index in [0.29, 0.717) is 5.92 Å². The van der Waals surface area contributed by atoms with Gasteiger partial charge < -0.3 is 0 Å². The first-order valence-corrected chi connectivity index (χ1v) is 13.5. The minimum atomic E-state index is 0.714. The lowest BCUT2D eigenvalue weighted by atomic mass is 9.94. The highest BCUT2D eigenvalue weighted by Crippen LogP contribution is 2.20. The second-order valence-electron chi connectivity index (χ2n) is 9.78. The molecule has 0 bridgehead atoms. The molecule has 28 heavy (non-hydrogen) atoms. The normalized spacial score (nSPS) is 13.7. The molecule has 0 N–H and O–H groups in total. The molecule has 0 heteroatoms. The molecule has 0 nitrogen and oxygen atoms in total. The number of hydrogen-bond donors (Lipinski definition) is 0. The van der Waals surface area contributed by atoms with Gasteiger partial charge in [-0.1, -0.05) is 169 Å². The summed E-state index contributed by atoms with van der Waals surface area (Å²) in [5.41, 5.74) is 0. The fourth-order valence-electron chi connectivity index (χ4n) is 4.41. The van der Waals surface area contributed by atoms with Crippen LogP contribution in [0.1, 0.15) is 162 Å². The first-order chi connectivity index (χ1) is 13.7. The Morgan fingerprint density at radius 1 is 0.429 bits per heavy atom. The summed E-state index contributed by atoms with van der Waals surface area (Å²) in [6.07, 6.45) is 31.5. The van der Waals surface area contributed by atoms with Gasteiger partial charge in [0, 0.05) is 0 Å². The molecule has 2 atom stereocenters. The van der Waals surface area contributed by atoms with Crippen molar-refractivity contribution in [3.8, 4) is 0 Å². The first kappa shape index (κ1) is 28.0. The zero-order chi connectivity index (χ0) is 20.7. The maximum Gasteiger partial charge on any atom is -0.0414 e. The lowest BCUT2D eigenvalue weighted by molar-refractivity contribution is 0.424. The molecular weight excluding hydrogens is 336 g/mol. The summed E-state index contributed by atoms with van der Waals surface area (Å²) in [7, 11) is 0. The van der Waals surface area contributed by atoms with Gasteiger partial charge in [-0.05, 0) is 11.8 Å². The lowest BCUT2D eigenvalue weighted by Gasteiger charge is -2.12. The third-order valence-corrected chi connectivity index (χ3v) is 6.58. The summed E-state index contributed by atoms with van der Waals surface area (Å²) in [6.45, 7) is 11.5. The quantitative estimate of drug-likeness (QED) is 0.151. The van der Waals surface area contributed by atoms with Gasteiger partial charge in [0.25, 0.3) is 0 Å². The van der Waals surface area contributed by atoms with E-state index in [9.17, 15) is 0 Å². The average molecular weight is 394 g/mol. The van der Waals surface area contributed by atoms with Gasteiger partial charge in [-0.25, -0.2) is 0 Å². The van der Waals surface area contributed by atoms with E-state index in [2.05, 4.69) is 27.7 Å². The fraction of sp³-hybridized carbons (Fsp3) is 0.964. The van der Waals surface area contributed by atoms with E-state index in [1.165, 1.54) is 141 Å². The summed E-state index contributed by atoms with van der Waals surface area (Å²) < 4.78 is 0. The molecule has 0 aromatic rings. The van der Waals surface area contributed by atoms with Crippen molar-refractivity contribution in [1.82, 2.24) is 0 Å². The van der Waals surface area contributed by atoms with Crippen molar-refractivity contribution in [2.24, 2.45) is 11.8 Å². The lowest BCUT2D eigenvalue weighted by Crippen LogP contribution is -1.97. The fourth-order valence-corrected chi connectivity index (χ4v) is 4.41. The van der Waals surface area contributed by atoms with Gasteiger partial charge >= 0.3 is 0 Å². The van der Waals surface area contributed by atoms with Crippen molar-refractivity contribution in [2.45, 2.75) is 162 Å². The second-order valence-corrected chi connectivity index (χ2v) is 9.78. The van der Waals surface area contributed by atoms with Gasteiger partial charge in [0.15, 0.2) is 0 Å². The van der Waals surface area contributed by atoms with E-state index < -0.39 is 0 Å². The van der Waals surface area contributed by atoms with Crippen LogP contribution < -0.4 is 0 Å². The Hall–Kier alpha value is 0. The monoisotopic (exact) mass is 393 g/mol. The van der Waals surface area contributed by atoms with Crippen LogP contribution in [0.4, 0.5) is 0 Å². The first-order valence-electron chi connectivity index (χ1n) is 13.5. The average Bonchev–Trinajstić information content (AvgIpc) is 2.69. The van der Waals surface area contributed by atoms with Crippen LogP contribution in [-0.4, -0.2) is 0 Å². The molecule has 0 amide bonds. The van der Waals surface area contributed by atoms with Gasteiger partial charge in [0.2, 0.25) is 0 Å².